The maximum atomic E-state index is 12.1. The number of sulfone groups is 1. The molecule has 0 aromatic carbocycles. The van der Waals surface area contributed by atoms with Crippen LogP contribution < -0.4 is 10.1 Å². The lowest BCUT2D eigenvalue weighted by Gasteiger charge is -2.18. The minimum absolute atomic E-state index is 0.00666. The number of aryl methyl sites for hydroxylation is 1. The molecule has 2 aliphatic rings. The number of ether oxygens (including phenoxy) is 1. The summed E-state index contributed by atoms with van der Waals surface area (Å²) in [6, 6.07) is -0.322. The van der Waals surface area contributed by atoms with Gasteiger partial charge in [0.05, 0.1) is 16.9 Å². The van der Waals surface area contributed by atoms with Crippen molar-refractivity contribution in [1.82, 2.24) is 15.3 Å². The number of thiophene rings is 1. The van der Waals surface area contributed by atoms with Gasteiger partial charge in [0, 0.05) is 10.9 Å². The summed E-state index contributed by atoms with van der Waals surface area (Å²) >= 11 is 1.68. The molecule has 0 bridgehead atoms. The van der Waals surface area contributed by atoms with Crippen molar-refractivity contribution < 1.29 is 17.9 Å². The van der Waals surface area contributed by atoms with E-state index in [2.05, 4.69) is 22.2 Å². The third kappa shape index (κ3) is 3.55. The van der Waals surface area contributed by atoms with E-state index in [0.717, 1.165) is 29.5 Å². The minimum atomic E-state index is -3.02. The third-order valence-corrected chi connectivity index (χ3v) is 7.92. The fourth-order valence-corrected chi connectivity index (χ4v) is 6.68. The molecule has 0 saturated carbocycles. The van der Waals surface area contributed by atoms with Crippen molar-refractivity contribution in [3.8, 4) is 5.88 Å². The third-order valence-electron chi connectivity index (χ3n) is 4.99. The summed E-state index contributed by atoms with van der Waals surface area (Å²) in [5.74, 6) is 0.923. The van der Waals surface area contributed by atoms with Crippen molar-refractivity contribution in [2.75, 3.05) is 18.1 Å². The standard InChI is InChI=1S/C17H21N3O4S2/c1-10-2-3-12-13(6-10)25-17-15(12)16(18-9-19-17)24-7-14(21)20-11-4-5-26(22,23)8-11/h9-11H,2-8H2,1H3,(H,20,21)/t10-,11+/m1/s1. The van der Waals surface area contributed by atoms with Gasteiger partial charge in [-0.05, 0) is 37.2 Å². The predicted molar refractivity (Wildman–Crippen MR) is 99.3 cm³/mol. The summed E-state index contributed by atoms with van der Waals surface area (Å²) in [4.78, 5) is 22.9. The summed E-state index contributed by atoms with van der Waals surface area (Å²) < 4.78 is 28.6. The molecule has 1 saturated heterocycles. The molecule has 0 unspecified atom stereocenters. The molecular weight excluding hydrogens is 374 g/mol. The number of fused-ring (bicyclic) bond motifs is 3. The van der Waals surface area contributed by atoms with Crippen LogP contribution in [0.3, 0.4) is 0 Å². The molecule has 2 aromatic heterocycles. The number of hydrogen-bond acceptors (Lipinski definition) is 7. The van der Waals surface area contributed by atoms with E-state index in [1.54, 1.807) is 11.3 Å². The topological polar surface area (TPSA) is 98.2 Å². The van der Waals surface area contributed by atoms with Crippen LogP contribution in [0.25, 0.3) is 10.2 Å². The summed E-state index contributed by atoms with van der Waals surface area (Å²) in [7, 11) is -3.02. The van der Waals surface area contributed by atoms with Crippen molar-refractivity contribution in [1.29, 1.82) is 0 Å². The Morgan fingerprint density at radius 1 is 1.38 bits per heavy atom. The van der Waals surface area contributed by atoms with Gasteiger partial charge < -0.3 is 10.1 Å². The van der Waals surface area contributed by atoms with E-state index in [9.17, 15) is 13.2 Å². The number of nitrogens with one attached hydrogen (secondary N) is 1. The molecule has 1 N–H and O–H groups in total. The smallest absolute Gasteiger partial charge is 0.258 e. The van der Waals surface area contributed by atoms with Crippen LogP contribution in [0.2, 0.25) is 0 Å². The second-order valence-corrected chi connectivity index (χ2v) is 10.5. The zero-order chi connectivity index (χ0) is 18.3. The number of carbonyl (C=O) groups is 1. The molecule has 1 aliphatic heterocycles. The number of aromatic nitrogens is 2. The van der Waals surface area contributed by atoms with Crippen LogP contribution in [0.1, 0.15) is 30.2 Å². The van der Waals surface area contributed by atoms with E-state index in [-0.39, 0.29) is 30.1 Å². The maximum absolute atomic E-state index is 12.1. The first-order valence-corrected chi connectivity index (χ1v) is 11.4. The highest BCUT2D eigenvalue weighted by Crippen LogP contribution is 2.40. The Hall–Kier alpha value is -1.74. The fourth-order valence-electron chi connectivity index (χ4n) is 3.67. The van der Waals surface area contributed by atoms with Crippen molar-refractivity contribution in [3.05, 3.63) is 16.8 Å². The molecule has 3 heterocycles. The number of amides is 1. The molecule has 2 aromatic rings. The van der Waals surface area contributed by atoms with Crippen LogP contribution in [0, 0.1) is 5.92 Å². The zero-order valence-electron chi connectivity index (χ0n) is 14.5. The lowest BCUT2D eigenvalue weighted by atomic mass is 9.89. The summed E-state index contributed by atoms with van der Waals surface area (Å²) in [5, 5.41) is 3.66. The van der Waals surface area contributed by atoms with E-state index >= 15 is 0 Å². The van der Waals surface area contributed by atoms with Gasteiger partial charge in [-0.2, -0.15) is 0 Å². The molecule has 140 valence electrons. The fraction of sp³-hybridized carbons (Fsp3) is 0.588. The van der Waals surface area contributed by atoms with Crippen LogP contribution in [0.4, 0.5) is 0 Å². The van der Waals surface area contributed by atoms with Crippen LogP contribution in [-0.4, -0.2) is 48.4 Å². The summed E-state index contributed by atoms with van der Waals surface area (Å²) in [6.45, 7) is 2.08. The number of hydrogen-bond donors (Lipinski definition) is 1. The SMILES string of the molecule is C[C@@H]1CCc2c(sc3ncnc(OCC(=O)N[C@H]4CCS(=O)(=O)C4)c23)C1. The normalized spacial score (nSPS) is 24.3. The van der Waals surface area contributed by atoms with Gasteiger partial charge in [0.15, 0.2) is 16.4 Å². The van der Waals surface area contributed by atoms with E-state index in [0.29, 0.717) is 18.2 Å². The van der Waals surface area contributed by atoms with Gasteiger partial charge in [0.1, 0.15) is 11.2 Å². The van der Waals surface area contributed by atoms with Crippen LogP contribution in [0.5, 0.6) is 5.88 Å². The highest BCUT2D eigenvalue weighted by atomic mass is 32.2. The molecule has 4 rings (SSSR count). The van der Waals surface area contributed by atoms with Gasteiger partial charge in [0.25, 0.3) is 5.91 Å². The Bertz CT molecular complexity index is 954. The van der Waals surface area contributed by atoms with Gasteiger partial charge >= 0.3 is 0 Å². The molecule has 1 amide bonds. The van der Waals surface area contributed by atoms with Gasteiger partial charge in [0.2, 0.25) is 5.88 Å². The van der Waals surface area contributed by atoms with Crippen molar-refractivity contribution in [2.45, 2.75) is 38.6 Å². The molecule has 2 atom stereocenters. The molecule has 0 spiro atoms. The average molecular weight is 396 g/mol. The number of rotatable bonds is 4. The van der Waals surface area contributed by atoms with E-state index in [1.165, 1.54) is 16.8 Å². The van der Waals surface area contributed by atoms with Gasteiger partial charge in [-0.3, -0.25) is 4.79 Å². The van der Waals surface area contributed by atoms with E-state index in [1.807, 2.05) is 0 Å². The minimum Gasteiger partial charge on any atom is -0.467 e. The first kappa shape index (κ1) is 17.7. The summed E-state index contributed by atoms with van der Waals surface area (Å²) in [5.41, 5.74) is 1.25. The first-order chi connectivity index (χ1) is 12.4. The van der Waals surface area contributed by atoms with Crippen LogP contribution >= 0.6 is 11.3 Å². The second kappa shape index (κ2) is 6.77. The first-order valence-electron chi connectivity index (χ1n) is 8.79. The van der Waals surface area contributed by atoms with Gasteiger partial charge in [-0.1, -0.05) is 6.92 Å². The molecule has 9 heteroatoms. The lowest BCUT2D eigenvalue weighted by Crippen LogP contribution is -2.38. The molecular formula is C17H21N3O4S2. The Balaban J connectivity index is 1.47. The highest BCUT2D eigenvalue weighted by molar-refractivity contribution is 7.91. The average Bonchev–Trinajstić information content (AvgIpc) is 3.11. The van der Waals surface area contributed by atoms with E-state index in [4.69, 9.17) is 4.74 Å². The molecule has 1 aliphatic carbocycles. The van der Waals surface area contributed by atoms with Crippen molar-refractivity contribution >= 4 is 37.3 Å². The summed E-state index contributed by atoms with van der Waals surface area (Å²) in [6.07, 6.45) is 5.08. The van der Waals surface area contributed by atoms with Gasteiger partial charge in [-0.15, -0.1) is 11.3 Å². The van der Waals surface area contributed by atoms with E-state index < -0.39 is 9.84 Å². The molecule has 1 fully saturated rings. The van der Waals surface area contributed by atoms with Crippen LogP contribution in [-0.2, 0) is 27.5 Å². The highest BCUT2D eigenvalue weighted by Gasteiger charge is 2.29. The maximum Gasteiger partial charge on any atom is 0.258 e. The lowest BCUT2D eigenvalue weighted by molar-refractivity contribution is -0.123. The molecule has 7 nitrogen and oxygen atoms in total. The predicted octanol–water partition coefficient (Wildman–Crippen LogP) is 1.50. The quantitative estimate of drug-likeness (QED) is 0.842. The largest absolute Gasteiger partial charge is 0.467 e. The van der Waals surface area contributed by atoms with Crippen LogP contribution in [0.15, 0.2) is 6.33 Å². The Morgan fingerprint density at radius 3 is 3.00 bits per heavy atom. The number of nitrogens with zero attached hydrogens (tertiary/aromatic N) is 2. The van der Waals surface area contributed by atoms with Crippen molar-refractivity contribution in [2.24, 2.45) is 5.92 Å². The van der Waals surface area contributed by atoms with Gasteiger partial charge in [-0.25, -0.2) is 18.4 Å². The zero-order valence-corrected chi connectivity index (χ0v) is 16.2. The molecule has 0 radical (unpaired) electrons. The van der Waals surface area contributed by atoms with Crippen molar-refractivity contribution in [3.63, 3.8) is 0 Å². The Kier molecular flexibility index (Phi) is 4.60. The molecule has 26 heavy (non-hydrogen) atoms. The monoisotopic (exact) mass is 395 g/mol. The Morgan fingerprint density at radius 2 is 2.23 bits per heavy atom. The second-order valence-electron chi connectivity index (χ2n) is 7.17. The Labute approximate surface area is 156 Å². The number of carbonyl (C=O) groups excluding carboxylic acids is 1.